The van der Waals surface area contributed by atoms with Crippen LogP contribution in [-0.2, 0) is 7.05 Å². The second kappa shape index (κ2) is 8.76. The van der Waals surface area contributed by atoms with E-state index in [1.54, 1.807) is 23.7 Å². The molecule has 0 aliphatic heterocycles. The maximum Gasteiger partial charge on any atom is 0.252 e. The summed E-state index contributed by atoms with van der Waals surface area (Å²) in [6, 6.07) is 10.8. The zero-order valence-corrected chi connectivity index (χ0v) is 19.5. The van der Waals surface area contributed by atoms with E-state index in [4.69, 9.17) is 11.6 Å². The molecule has 1 aromatic carbocycles. The number of nitrogens with zero attached hydrogens (tertiary/aromatic N) is 5. The topological polar surface area (TPSA) is 109 Å². The number of nitrogens with one attached hydrogen (secondary N) is 2. The van der Waals surface area contributed by atoms with Crippen LogP contribution in [0, 0.1) is 11.3 Å². The number of hydrogen-bond acceptors (Lipinski definition) is 7. The molecule has 1 atom stereocenters. The lowest BCUT2D eigenvalue weighted by atomic mass is 10.1. The largest absolute Gasteiger partial charge is 0.375 e. The first-order chi connectivity index (χ1) is 16.5. The van der Waals surface area contributed by atoms with E-state index >= 15 is 0 Å². The summed E-state index contributed by atoms with van der Waals surface area (Å²) in [4.78, 5) is 25.9. The minimum absolute atomic E-state index is 0.116. The molecule has 1 saturated carbocycles. The fraction of sp³-hybridized carbons (Fsp3) is 0.240. The molecule has 1 fully saturated rings. The minimum Gasteiger partial charge on any atom is -0.375 e. The summed E-state index contributed by atoms with van der Waals surface area (Å²) in [7, 11) is 1.72. The molecular formula is C25H22ClN7O. The van der Waals surface area contributed by atoms with Crippen LogP contribution < -0.4 is 16.2 Å². The van der Waals surface area contributed by atoms with Crippen molar-refractivity contribution in [2.24, 2.45) is 7.05 Å². The Balaban J connectivity index is 1.53. The molecule has 9 heteroatoms. The molecule has 0 saturated heterocycles. The van der Waals surface area contributed by atoms with Gasteiger partial charge in [-0.05, 0) is 43.4 Å². The van der Waals surface area contributed by atoms with E-state index in [9.17, 15) is 10.1 Å². The molecule has 8 nitrogen and oxygen atoms in total. The molecule has 5 rings (SSSR count). The molecule has 0 spiro atoms. The Hall–Kier alpha value is -3.96. The molecule has 3 heterocycles. The Morgan fingerprint density at radius 2 is 1.91 bits per heavy atom. The van der Waals surface area contributed by atoms with E-state index in [1.807, 2.05) is 37.5 Å². The first-order valence-electron chi connectivity index (χ1n) is 11.0. The second-order valence-electron chi connectivity index (χ2n) is 8.43. The molecular weight excluding hydrogens is 450 g/mol. The molecule has 170 valence electrons. The minimum atomic E-state index is -0.204. The lowest BCUT2D eigenvalue weighted by Crippen LogP contribution is -2.20. The van der Waals surface area contributed by atoms with Gasteiger partial charge >= 0.3 is 0 Å². The summed E-state index contributed by atoms with van der Waals surface area (Å²) in [5, 5.41) is 17.1. The third-order valence-corrected chi connectivity index (χ3v) is 6.33. The van der Waals surface area contributed by atoms with Gasteiger partial charge in [0.15, 0.2) is 0 Å². The van der Waals surface area contributed by atoms with Crippen molar-refractivity contribution in [2.45, 2.75) is 31.7 Å². The van der Waals surface area contributed by atoms with Gasteiger partial charge in [0, 0.05) is 42.8 Å². The third kappa shape index (κ3) is 4.06. The fourth-order valence-electron chi connectivity index (χ4n) is 4.04. The molecule has 2 N–H and O–H groups in total. The highest BCUT2D eigenvalue weighted by Crippen LogP contribution is 2.39. The number of nitriles is 1. The summed E-state index contributed by atoms with van der Waals surface area (Å²) >= 11 is 6.09. The van der Waals surface area contributed by atoms with Crippen LogP contribution in [-0.4, -0.2) is 19.5 Å². The van der Waals surface area contributed by atoms with Gasteiger partial charge in [0.2, 0.25) is 0 Å². The van der Waals surface area contributed by atoms with Crippen LogP contribution in [0.15, 0.2) is 53.7 Å². The van der Waals surface area contributed by atoms with E-state index in [1.165, 1.54) is 24.6 Å². The maximum atomic E-state index is 12.9. The van der Waals surface area contributed by atoms with Crippen molar-refractivity contribution in [1.82, 2.24) is 19.5 Å². The second-order valence-corrected chi connectivity index (χ2v) is 8.79. The quantitative estimate of drug-likeness (QED) is 0.379. The highest BCUT2D eigenvalue weighted by atomic mass is 35.5. The van der Waals surface area contributed by atoms with E-state index in [2.05, 4.69) is 31.7 Å². The first kappa shape index (κ1) is 21.9. The van der Waals surface area contributed by atoms with E-state index < -0.39 is 0 Å². The molecule has 4 aromatic rings. The van der Waals surface area contributed by atoms with Crippen LogP contribution in [0.3, 0.4) is 0 Å². The van der Waals surface area contributed by atoms with Gasteiger partial charge in [-0.1, -0.05) is 23.7 Å². The molecule has 34 heavy (non-hydrogen) atoms. The Morgan fingerprint density at radius 3 is 2.62 bits per heavy atom. The van der Waals surface area contributed by atoms with Crippen LogP contribution in [0.1, 0.15) is 48.7 Å². The number of para-hydroxylation sites is 1. The van der Waals surface area contributed by atoms with Crippen molar-refractivity contribution in [3.63, 3.8) is 0 Å². The monoisotopic (exact) mass is 471 g/mol. The van der Waals surface area contributed by atoms with Crippen LogP contribution in [0.5, 0.6) is 0 Å². The van der Waals surface area contributed by atoms with Crippen LogP contribution in [0.25, 0.3) is 10.9 Å². The van der Waals surface area contributed by atoms with Crippen molar-refractivity contribution in [1.29, 1.82) is 5.26 Å². The van der Waals surface area contributed by atoms with Crippen LogP contribution >= 0.6 is 11.6 Å². The van der Waals surface area contributed by atoms with Gasteiger partial charge in [0.1, 0.15) is 22.6 Å². The zero-order chi connectivity index (χ0) is 23.8. The van der Waals surface area contributed by atoms with Gasteiger partial charge in [-0.25, -0.2) is 15.0 Å². The highest BCUT2D eigenvalue weighted by Gasteiger charge is 2.24. The van der Waals surface area contributed by atoms with E-state index in [0.29, 0.717) is 34.3 Å². The summed E-state index contributed by atoms with van der Waals surface area (Å²) in [5.74, 6) is 1.26. The molecule has 0 bridgehead atoms. The fourth-order valence-corrected chi connectivity index (χ4v) is 4.24. The summed E-state index contributed by atoms with van der Waals surface area (Å²) in [6.07, 6.45) is 7.73. The molecule has 3 aromatic heterocycles. The van der Waals surface area contributed by atoms with Crippen molar-refractivity contribution in [2.75, 3.05) is 10.6 Å². The predicted molar refractivity (Wildman–Crippen MR) is 132 cm³/mol. The number of aryl methyl sites for hydroxylation is 1. The maximum absolute atomic E-state index is 12.9. The average molecular weight is 472 g/mol. The Labute approximate surface area is 201 Å². The van der Waals surface area contributed by atoms with Gasteiger partial charge < -0.3 is 15.2 Å². The van der Waals surface area contributed by atoms with Gasteiger partial charge in [-0.3, -0.25) is 4.79 Å². The lowest BCUT2D eigenvalue weighted by Gasteiger charge is -2.19. The van der Waals surface area contributed by atoms with Crippen molar-refractivity contribution >= 4 is 39.6 Å². The Bertz CT molecular complexity index is 1490. The molecule has 0 radical (unpaired) electrons. The molecule has 1 unspecified atom stereocenters. The van der Waals surface area contributed by atoms with Gasteiger partial charge in [0.25, 0.3) is 5.56 Å². The molecule has 0 amide bonds. The SMILES string of the molecule is CC(Nc1cc(=O)n(C)c2c(Nc3ccnc(Cl)c3C#N)cccc12)c1ncc(C2CC2)cn1. The number of hydrogen-bond donors (Lipinski definition) is 2. The van der Waals surface area contributed by atoms with Crippen molar-refractivity contribution in [3.8, 4) is 6.07 Å². The van der Waals surface area contributed by atoms with Crippen LogP contribution in [0.2, 0.25) is 5.15 Å². The molecule has 1 aliphatic carbocycles. The first-order valence-corrected chi connectivity index (χ1v) is 11.4. The van der Waals surface area contributed by atoms with Gasteiger partial charge in [-0.2, -0.15) is 5.26 Å². The number of pyridine rings is 2. The number of benzene rings is 1. The number of fused-ring (bicyclic) bond motifs is 1. The number of halogens is 1. The lowest BCUT2D eigenvalue weighted by molar-refractivity contribution is 0.780. The van der Waals surface area contributed by atoms with E-state index in [-0.39, 0.29) is 22.3 Å². The third-order valence-electron chi connectivity index (χ3n) is 6.05. The number of aromatic nitrogens is 4. The average Bonchev–Trinajstić information content (AvgIpc) is 3.68. The highest BCUT2D eigenvalue weighted by molar-refractivity contribution is 6.31. The van der Waals surface area contributed by atoms with Crippen molar-refractivity contribution in [3.05, 3.63) is 81.4 Å². The zero-order valence-electron chi connectivity index (χ0n) is 18.7. The molecule has 1 aliphatic rings. The van der Waals surface area contributed by atoms with Gasteiger partial charge in [-0.15, -0.1) is 0 Å². The number of rotatable bonds is 6. The number of anilines is 3. The smallest absolute Gasteiger partial charge is 0.252 e. The Morgan fingerprint density at radius 1 is 1.15 bits per heavy atom. The summed E-state index contributed by atoms with van der Waals surface area (Å²) in [6.45, 7) is 1.97. The van der Waals surface area contributed by atoms with E-state index in [0.717, 1.165) is 5.39 Å². The van der Waals surface area contributed by atoms with Crippen molar-refractivity contribution < 1.29 is 0 Å². The van der Waals surface area contributed by atoms with Gasteiger partial charge in [0.05, 0.1) is 22.9 Å². The summed E-state index contributed by atoms with van der Waals surface area (Å²) in [5.41, 5.74) is 3.79. The summed E-state index contributed by atoms with van der Waals surface area (Å²) < 4.78 is 1.57. The normalized spacial score (nSPS) is 13.9. The standard InChI is InChI=1S/C25H22ClN7O/c1-14(25-29-12-16(13-30-25)15-6-7-15)31-21-10-22(34)33(2)23-17(21)4-3-5-20(23)32-19-8-9-28-24(26)18(19)11-27/h3-5,8-10,12-15,31H,6-7H2,1-2H3,(H,28,32). The predicted octanol–water partition coefficient (Wildman–Crippen LogP) is 5.04. The van der Waals surface area contributed by atoms with Crippen LogP contribution in [0.4, 0.5) is 17.1 Å². The Kier molecular flexibility index (Phi) is 5.64.